The molecule has 1 aliphatic rings. The lowest BCUT2D eigenvalue weighted by atomic mass is 10.1. The van der Waals surface area contributed by atoms with Crippen molar-refractivity contribution >= 4 is 23.4 Å². The molecule has 0 radical (unpaired) electrons. The Bertz CT molecular complexity index is 823. The number of ether oxygens (including phenoxy) is 1. The zero-order valence-corrected chi connectivity index (χ0v) is 16.8. The van der Waals surface area contributed by atoms with Crippen molar-refractivity contribution in [1.29, 1.82) is 0 Å². The number of benzene rings is 2. The van der Waals surface area contributed by atoms with Crippen LogP contribution in [0.25, 0.3) is 0 Å². The number of aryl methyl sites for hydroxylation is 1. The highest BCUT2D eigenvalue weighted by molar-refractivity contribution is 6.30. The van der Waals surface area contributed by atoms with E-state index in [-0.39, 0.29) is 11.8 Å². The summed E-state index contributed by atoms with van der Waals surface area (Å²) < 4.78 is 5.20. The average molecular weight is 401 g/mol. The molecule has 2 aromatic carbocycles. The van der Waals surface area contributed by atoms with Crippen molar-refractivity contribution in [3.63, 3.8) is 0 Å². The Morgan fingerprint density at radius 1 is 1.00 bits per heavy atom. The predicted molar refractivity (Wildman–Crippen MR) is 110 cm³/mol. The highest BCUT2D eigenvalue weighted by Crippen LogP contribution is 2.16. The van der Waals surface area contributed by atoms with E-state index >= 15 is 0 Å². The first-order valence-electron chi connectivity index (χ1n) is 9.52. The maximum Gasteiger partial charge on any atom is 0.254 e. The lowest BCUT2D eigenvalue weighted by Gasteiger charge is -2.22. The monoisotopic (exact) mass is 400 g/mol. The van der Waals surface area contributed by atoms with Crippen LogP contribution in [0, 0.1) is 0 Å². The Kier molecular flexibility index (Phi) is 6.93. The summed E-state index contributed by atoms with van der Waals surface area (Å²) >= 11 is 5.90. The minimum Gasteiger partial charge on any atom is -0.497 e. The van der Waals surface area contributed by atoms with Crippen LogP contribution < -0.4 is 4.74 Å². The minimum atomic E-state index is -0.0191. The second kappa shape index (κ2) is 9.60. The molecular weight excluding hydrogens is 376 g/mol. The number of hydrogen-bond donors (Lipinski definition) is 0. The number of carbonyl (C=O) groups is 2. The maximum absolute atomic E-state index is 12.8. The van der Waals surface area contributed by atoms with E-state index in [0.29, 0.717) is 55.4 Å². The Morgan fingerprint density at radius 2 is 1.71 bits per heavy atom. The first-order chi connectivity index (χ1) is 13.6. The average Bonchev–Trinajstić information content (AvgIpc) is 2.99. The predicted octanol–water partition coefficient (Wildman–Crippen LogP) is 3.66. The zero-order chi connectivity index (χ0) is 19.9. The second-order valence-electron chi connectivity index (χ2n) is 6.88. The van der Waals surface area contributed by atoms with Gasteiger partial charge in [0.2, 0.25) is 5.91 Å². The highest BCUT2D eigenvalue weighted by Gasteiger charge is 2.23. The van der Waals surface area contributed by atoms with E-state index in [2.05, 4.69) is 0 Å². The Hall–Kier alpha value is -2.53. The molecule has 1 heterocycles. The quantitative estimate of drug-likeness (QED) is 0.769. The molecule has 0 unspecified atom stereocenters. The van der Waals surface area contributed by atoms with Gasteiger partial charge in [-0.05, 0) is 48.7 Å². The Morgan fingerprint density at radius 3 is 2.46 bits per heavy atom. The molecule has 0 atom stereocenters. The van der Waals surface area contributed by atoms with Crippen LogP contribution in [0.5, 0.6) is 5.75 Å². The normalized spacial score (nSPS) is 14.5. The molecule has 0 aromatic heterocycles. The van der Waals surface area contributed by atoms with Crippen LogP contribution in [0.4, 0.5) is 0 Å². The lowest BCUT2D eigenvalue weighted by Crippen LogP contribution is -2.37. The van der Waals surface area contributed by atoms with Gasteiger partial charge in [-0.1, -0.05) is 29.8 Å². The van der Waals surface area contributed by atoms with Gasteiger partial charge in [0.1, 0.15) is 5.75 Å². The molecule has 3 rings (SSSR count). The molecule has 1 aliphatic heterocycles. The van der Waals surface area contributed by atoms with E-state index in [1.807, 2.05) is 46.2 Å². The third kappa shape index (κ3) is 5.26. The van der Waals surface area contributed by atoms with Crippen LogP contribution in [-0.4, -0.2) is 54.9 Å². The topological polar surface area (TPSA) is 49.9 Å². The fraction of sp³-hybridized carbons (Fsp3) is 0.364. The van der Waals surface area contributed by atoms with Gasteiger partial charge in [0.25, 0.3) is 5.91 Å². The molecule has 0 aliphatic carbocycles. The summed E-state index contributed by atoms with van der Waals surface area (Å²) in [5.74, 6) is 0.777. The Labute approximate surface area is 170 Å². The second-order valence-corrected chi connectivity index (χ2v) is 7.32. The van der Waals surface area contributed by atoms with Crippen molar-refractivity contribution in [2.24, 2.45) is 0 Å². The molecule has 0 saturated carbocycles. The van der Waals surface area contributed by atoms with Crippen molar-refractivity contribution in [3.8, 4) is 5.75 Å². The van der Waals surface area contributed by atoms with Crippen molar-refractivity contribution in [1.82, 2.24) is 9.80 Å². The number of amides is 2. The first kappa shape index (κ1) is 20.2. The van der Waals surface area contributed by atoms with Gasteiger partial charge in [-0.25, -0.2) is 0 Å². The molecule has 6 heteroatoms. The standard InChI is InChI=1S/C22H25ClN2O3/c1-28-20-5-2-4-18(16-20)22(27)25-13-3-12-24(14-15-25)21(26)11-8-17-6-9-19(23)10-7-17/h2,4-7,9-10,16H,3,8,11-15H2,1H3. The van der Waals surface area contributed by atoms with Gasteiger partial charge in [-0.15, -0.1) is 0 Å². The van der Waals surface area contributed by atoms with Crippen LogP contribution >= 0.6 is 11.6 Å². The van der Waals surface area contributed by atoms with Crippen LogP contribution in [-0.2, 0) is 11.2 Å². The van der Waals surface area contributed by atoms with E-state index in [1.54, 1.807) is 19.2 Å². The minimum absolute atomic E-state index is 0.0191. The number of halogens is 1. The molecule has 28 heavy (non-hydrogen) atoms. The van der Waals surface area contributed by atoms with Gasteiger partial charge in [0.05, 0.1) is 7.11 Å². The summed E-state index contributed by atoms with van der Waals surface area (Å²) in [4.78, 5) is 29.1. The first-order valence-corrected chi connectivity index (χ1v) is 9.90. The van der Waals surface area contributed by atoms with E-state index in [4.69, 9.17) is 16.3 Å². The lowest BCUT2D eigenvalue weighted by molar-refractivity contribution is -0.131. The number of methoxy groups -OCH3 is 1. The molecular formula is C22H25ClN2O3. The molecule has 5 nitrogen and oxygen atoms in total. The van der Waals surface area contributed by atoms with Gasteiger partial charge in [0, 0.05) is 43.2 Å². The maximum atomic E-state index is 12.8. The summed E-state index contributed by atoms with van der Waals surface area (Å²) in [7, 11) is 1.59. The summed E-state index contributed by atoms with van der Waals surface area (Å²) in [5, 5.41) is 0.698. The highest BCUT2D eigenvalue weighted by atomic mass is 35.5. The number of nitrogens with zero attached hydrogens (tertiary/aromatic N) is 2. The van der Waals surface area contributed by atoms with E-state index in [9.17, 15) is 9.59 Å². The van der Waals surface area contributed by atoms with Crippen molar-refractivity contribution in [3.05, 3.63) is 64.7 Å². The van der Waals surface area contributed by atoms with Crippen molar-refractivity contribution in [2.75, 3.05) is 33.3 Å². The van der Waals surface area contributed by atoms with Gasteiger partial charge in [-0.2, -0.15) is 0 Å². The summed E-state index contributed by atoms with van der Waals surface area (Å²) in [5.41, 5.74) is 1.71. The SMILES string of the molecule is COc1cccc(C(=O)N2CCCN(C(=O)CCc3ccc(Cl)cc3)CC2)c1. The molecule has 148 valence electrons. The smallest absolute Gasteiger partial charge is 0.254 e. The molecule has 0 spiro atoms. The largest absolute Gasteiger partial charge is 0.497 e. The zero-order valence-electron chi connectivity index (χ0n) is 16.1. The fourth-order valence-corrected chi connectivity index (χ4v) is 3.50. The van der Waals surface area contributed by atoms with Crippen LogP contribution in [0.2, 0.25) is 5.02 Å². The van der Waals surface area contributed by atoms with Crippen LogP contribution in [0.3, 0.4) is 0 Å². The molecule has 1 saturated heterocycles. The molecule has 2 aromatic rings. The van der Waals surface area contributed by atoms with Gasteiger partial charge in [0.15, 0.2) is 0 Å². The third-order valence-corrected chi connectivity index (χ3v) is 5.25. The van der Waals surface area contributed by atoms with E-state index in [1.165, 1.54) is 0 Å². The summed E-state index contributed by atoms with van der Waals surface area (Å²) in [6.07, 6.45) is 1.94. The van der Waals surface area contributed by atoms with E-state index in [0.717, 1.165) is 12.0 Å². The number of rotatable bonds is 5. The van der Waals surface area contributed by atoms with Crippen molar-refractivity contribution in [2.45, 2.75) is 19.3 Å². The third-order valence-electron chi connectivity index (χ3n) is 4.99. The number of hydrogen-bond acceptors (Lipinski definition) is 3. The van der Waals surface area contributed by atoms with Crippen LogP contribution in [0.15, 0.2) is 48.5 Å². The van der Waals surface area contributed by atoms with Gasteiger partial charge >= 0.3 is 0 Å². The summed E-state index contributed by atoms with van der Waals surface area (Å²) in [6.45, 7) is 2.44. The Balaban J connectivity index is 1.54. The van der Waals surface area contributed by atoms with Gasteiger partial charge < -0.3 is 14.5 Å². The number of carbonyl (C=O) groups excluding carboxylic acids is 2. The molecule has 0 bridgehead atoms. The van der Waals surface area contributed by atoms with E-state index < -0.39 is 0 Å². The summed E-state index contributed by atoms with van der Waals surface area (Å²) in [6, 6.07) is 14.8. The van der Waals surface area contributed by atoms with Gasteiger partial charge in [-0.3, -0.25) is 9.59 Å². The molecule has 1 fully saturated rings. The molecule has 0 N–H and O–H groups in total. The fourth-order valence-electron chi connectivity index (χ4n) is 3.37. The van der Waals surface area contributed by atoms with Crippen molar-refractivity contribution < 1.29 is 14.3 Å². The molecule has 2 amide bonds. The van der Waals surface area contributed by atoms with Crippen LogP contribution in [0.1, 0.15) is 28.8 Å².